The molecule has 1 saturated heterocycles. The number of piperidine rings is 1. The van der Waals surface area contributed by atoms with Crippen LogP contribution in [0.2, 0.25) is 0 Å². The lowest BCUT2D eigenvalue weighted by molar-refractivity contribution is 0.0214. The summed E-state index contributed by atoms with van der Waals surface area (Å²) >= 11 is 0. The van der Waals surface area contributed by atoms with Crippen molar-refractivity contribution in [1.82, 2.24) is 15.1 Å². The van der Waals surface area contributed by atoms with Gasteiger partial charge in [-0.15, -0.1) is 0 Å². The number of aromatic nitrogens is 2. The molecule has 26 heavy (non-hydrogen) atoms. The topological polar surface area (TPSA) is 72.9 Å². The van der Waals surface area contributed by atoms with Gasteiger partial charge < -0.3 is 11.1 Å². The first-order valence-corrected chi connectivity index (χ1v) is 8.42. The van der Waals surface area contributed by atoms with Gasteiger partial charge in [0.1, 0.15) is 11.7 Å². The Morgan fingerprint density at radius 1 is 1.27 bits per heavy atom. The molecule has 2 aromatic carbocycles. The summed E-state index contributed by atoms with van der Waals surface area (Å²) in [6.45, 7) is 0.439. The highest BCUT2D eigenvalue weighted by molar-refractivity contribution is 6.04. The predicted octanol–water partition coefficient (Wildman–Crippen LogP) is 2.62. The number of hydrogen-bond donors (Lipinski definition) is 2. The molecule has 1 amide bonds. The number of primary amides is 1. The molecule has 2 heterocycles. The average molecular weight is 356 g/mol. The number of carbonyl (C=O) groups is 1. The van der Waals surface area contributed by atoms with Crippen LogP contribution in [0, 0.1) is 0 Å². The Kier molecular flexibility index (Phi) is 3.96. The van der Waals surface area contributed by atoms with Crippen LogP contribution in [0.15, 0.2) is 48.7 Å². The molecule has 0 spiro atoms. The second kappa shape index (κ2) is 6.17. The lowest BCUT2D eigenvalue weighted by Gasteiger charge is -2.33. The molecule has 0 saturated carbocycles. The van der Waals surface area contributed by atoms with Gasteiger partial charge >= 0.3 is 0 Å². The summed E-state index contributed by atoms with van der Waals surface area (Å²) in [5, 5.41) is 8.09. The Morgan fingerprint density at radius 2 is 2.04 bits per heavy atom. The summed E-state index contributed by atoms with van der Waals surface area (Å²) in [4.78, 5) is 11.5. The highest BCUT2D eigenvalue weighted by Crippen LogP contribution is 2.35. The van der Waals surface area contributed by atoms with Crippen LogP contribution in [0.25, 0.3) is 16.6 Å². The van der Waals surface area contributed by atoms with E-state index in [2.05, 4.69) is 10.4 Å². The second-order valence-electron chi connectivity index (χ2n) is 6.52. The van der Waals surface area contributed by atoms with Crippen molar-refractivity contribution in [3.05, 3.63) is 59.8 Å². The molecule has 1 aliphatic rings. The fraction of sp³-hybridized carbons (Fsp3) is 0.263. The van der Waals surface area contributed by atoms with Crippen molar-refractivity contribution in [2.75, 3.05) is 13.1 Å². The Bertz CT molecular complexity index is 969. The van der Waals surface area contributed by atoms with E-state index < -0.39 is 17.7 Å². The fourth-order valence-electron chi connectivity index (χ4n) is 3.39. The third kappa shape index (κ3) is 2.64. The molecular formula is C19H18F2N4O. The van der Waals surface area contributed by atoms with Gasteiger partial charge in [0.15, 0.2) is 5.67 Å². The van der Waals surface area contributed by atoms with Gasteiger partial charge in [-0.25, -0.2) is 13.5 Å². The molecule has 3 aromatic rings. The third-order valence-corrected chi connectivity index (χ3v) is 4.87. The molecule has 5 nitrogen and oxygen atoms in total. The summed E-state index contributed by atoms with van der Waals surface area (Å²) in [6.07, 6.45) is 0.390. The van der Waals surface area contributed by atoms with Crippen molar-refractivity contribution in [2.24, 2.45) is 5.73 Å². The van der Waals surface area contributed by atoms with Crippen molar-refractivity contribution >= 4 is 16.8 Å². The summed E-state index contributed by atoms with van der Waals surface area (Å²) in [6, 6.07) is 11.7. The third-order valence-electron chi connectivity index (χ3n) is 4.87. The van der Waals surface area contributed by atoms with Crippen LogP contribution in [0.3, 0.4) is 0 Å². The minimum Gasteiger partial charge on any atom is -0.366 e. The summed E-state index contributed by atoms with van der Waals surface area (Å²) < 4.78 is 30.8. The van der Waals surface area contributed by atoms with Crippen LogP contribution in [0.4, 0.5) is 8.78 Å². The van der Waals surface area contributed by atoms with Gasteiger partial charge in [-0.2, -0.15) is 5.10 Å². The maximum Gasteiger partial charge on any atom is 0.250 e. The van der Waals surface area contributed by atoms with E-state index in [0.29, 0.717) is 28.9 Å². The highest BCUT2D eigenvalue weighted by atomic mass is 19.2. The molecule has 0 unspecified atom stereocenters. The van der Waals surface area contributed by atoms with E-state index in [4.69, 9.17) is 5.73 Å². The minimum atomic E-state index is -2.02. The van der Waals surface area contributed by atoms with Gasteiger partial charge in [-0.1, -0.05) is 24.3 Å². The van der Waals surface area contributed by atoms with Crippen LogP contribution in [-0.2, 0) is 5.67 Å². The van der Waals surface area contributed by atoms with Gasteiger partial charge in [-0.3, -0.25) is 4.79 Å². The smallest absolute Gasteiger partial charge is 0.250 e. The summed E-state index contributed by atoms with van der Waals surface area (Å²) in [7, 11) is 0. The molecule has 0 aliphatic carbocycles. The Labute approximate surface area is 148 Å². The molecule has 1 aliphatic heterocycles. The molecule has 4 rings (SSSR count). The molecule has 7 heteroatoms. The first-order chi connectivity index (χ1) is 12.5. The summed E-state index contributed by atoms with van der Waals surface area (Å²) in [5.41, 5.74) is 5.20. The number of fused-ring (bicyclic) bond motifs is 1. The van der Waals surface area contributed by atoms with Crippen molar-refractivity contribution in [3.8, 4) is 5.69 Å². The largest absolute Gasteiger partial charge is 0.366 e. The van der Waals surface area contributed by atoms with E-state index in [1.807, 2.05) is 6.07 Å². The van der Waals surface area contributed by atoms with E-state index in [-0.39, 0.29) is 13.0 Å². The number of rotatable bonds is 3. The van der Waals surface area contributed by atoms with Crippen LogP contribution in [-0.4, -0.2) is 34.9 Å². The maximum absolute atomic E-state index is 15.0. The number of alkyl halides is 2. The Balaban J connectivity index is 1.70. The number of nitrogens with zero attached hydrogens (tertiary/aromatic N) is 2. The average Bonchev–Trinajstić information content (AvgIpc) is 3.08. The van der Waals surface area contributed by atoms with Crippen LogP contribution < -0.4 is 11.1 Å². The van der Waals surface area contributed by atoms with Crippen LogP contribution >= 0.6 is 0 Å². The number of hydrogen-bond acceptors (Lipinski definition) is 3. The molecule has 1 fully saturated rings. The molecule has 134 valence electrons. The van der Waals surface area contributed by atoms with E-state index in [9.17, 15) is 9.18 Å². The second-order valence-corrected chi connectivity index (χ2v) is 6.52. The van der Waals surface area contributed by atoms with E-state index in [1.165, 1.54) is 0 Å². The van der Waals surface area contributed by atoms with Gasteiger partial charge in [0, 0.05) is 18.1 Å². The quantitative estimate of drug-likeness (QED) is 0.758. The van der Waals surface area contributed by atoms with Crippen molar-refractivity contribution in [2.45, 2.75) is 18.3 Å². The number of nitrogens with one attached hydrogen (secondary N) is 1. The first kappa shape index (κ1) is 16.7. The van der Waals surface area contributed by atoms with Crippen LogP contribution in [0.1, 0.15) is 22.3 Å². The minimum absolute atomic E-state index is 0.0405. The van der Waals surface area contributed by atoms with Crippen molar-refractivity contribution < 1.29 is 13.6 Å². The molecule has 0 bridgehead atoms. The maximum atomic E-state index is 15.0. The Hall–Kier alpha value is -2.80. The normalized spacial score (nSPS) is 23.2. The number of benzene rings is 2. The molecule has 3 N–H and O–H groups in total. The number of nitrogens with two attached hydrogens (primary N) is 1. The van der Waals surface area contributed by atoms with Crippen molar-refractivity contribution in [3.63, 3.8) is 0 Å². The molecule has 1 aromatic heterocycles. The van der Waals surface area contributed by atoms with Crippen LogP contribution in [0.5, 0.6) is 0 Å². The van der Waals surface area contributed by atoms with Gasteiger partial charge in [0.2, 0.25) is 0 Å². The number of carbonyl (C=O) groups excluding carboxylic acids is 1. The Morgan fingerprint density at radius 3 is 2.73 bits per heavy atom. The van der Waals surface area contributed by atoms with Gasteiger partial charge in [-0.05, 0) is 36.7 Å². The molecule has 2 atom stereocenters. The van der Waals surface area contributed by atoms with E-state index >= 15 is 4.39 Å². The van der Waals surface area contributed by atoms with Gasteiger partial charge in [0.05, 0.1) is 11.3 Å². The monoisotopic (exact) mass is 356 g/mol. The zero-order valence-electron chi connectivity index (χ0n) is 14.0. The summed E-state index contributed by atoms with van der Waals surface area (Å²) in [5.74, 6) is -0.547. The molecular weight excluding hydrogens is 338 g/mol. The lowest BCUT2D eigenvalue weighted by Crippen LogP contribution is -2.48. The van der Waals surface area contributed by atoms with Crippen molar-refractivity contribution in [1.29, 1.82) is 0 Å². The zero-order valence-corrected chi connectivity index (χ0v) is 14.0. The number of amides is 1. The first-order valence-electron chi connectivity index (χ1n) is 8.42. The SMILES string of the molecule is NC(=O)c1cccc2cn(-c3ccc([C@]4(F)CNCC[C@H]4F)cc3)nc12. The van der Waals surface area contributed by atoms with E-state index in [1.54, 1.807) is 47.3 Å². The fourth-order valence-corrected chi connectivity index (χ4v) is 3.39. The predicted molar refractivity (Wildman–Crippen MR) is 94.8 cm³/mol. The standard InChI is InChI=1S/C19H18F2N4O/c20-16-8-9-23-11-19(16,21)13-4-6-14(7-5-13)25-10-12-2-1-3-15(18(22)26)17(12)24-25/h1-7,10,16,23H,8-9,11H2,(H2,22,26)/t16-,19-/m1/s1. The molecule has 0 radical (unpaired) electrons. The van der Waals surface area contributed by atoms with Gasteiger partial charge in [0.25, 0.3) is 5.91 Å². The van der Waals surface area contributed by atoms with E-state index in [0.717, 1.165) is 5.39 Å². The number of halogens is 2. The highest BCUT2D eigenvalue weighted by Gasteiger charge is 2.43. The lowest BCUT2D eigenvalue weighted by atomic mass is 9.86. The zero-order chi connectivity index (χ0) is 18.3.